The molecule has 4 nitrogen and oxygen atoms in total. The van der Waals surface area contributed by atoms with Crippen LogP contribution in [0.3, 0.4) is 0 Å². The Kier molecular flexibility index (Phi) is 3.81. The van der Waals surface area contributed by atoms with Gasteiger partial charge in [-0.05, 0) is 28.8 Å². The maximum Gasteiger partial charge on any atom is 0.352 e. The highest BCUT2D eigenvalue weighted by molar-refractivity contribution is 6.00. The predicted octanol–water partition coefficient (Wildman–Crippen LogP) is 4.04. The van der Waals surface area contributed by atoms with Crippen molar-refractivity contribution in [3.63, 3.8) is 0 Å². The van der Waals surface area contributed by atoms with E-state index >= 15 is 0 Å². The van der Waals surface area contributed by atoms with Crippen molar-refractivity contribution in [2.24, 2.45) is 14.1 Å². The average Bonchev–Trinajstić information content (AvgIpc) is 2.99. The average molecular weight is 343 g/mol. The molecule has 0 aliphatic carbocycles. The molecule has 128 valence electrons. The van der Waals surface area contributed by atoms with Crippen LogP contribution in [0.25, 0.3) is 33.2 Å². The number of carbonyl (C=O) groups is 1. The van der Waals surface area contributed by atoms with Crippen LogP contribution in [0, 0.1) is 0 Å². The first-order chi connectivity index (χ1) is 12.5. The highest BCUT2D eigenvalue weighted by atomic mass is 16.4. The molecular formula is C22H19N2O2+. The summed E-state index contributed by atoms with van der Waals surface area (Å²) < 4.78 is 3.70. The van der Waals surface area contributed by atoms with Crippen LogP contribution in [0.2, 0.25) is 0 Å². The Morgan fingerprint density at radius 1 is 0.923 bits per heavy atom. The van der Waals surface area contributed by atoms with Gasteiger partial charge in [-0.15, -0.1) is 0 Å². The molecule has 1 N–H and O–H groups in total. The van der Waals surface area contributed by atoms with E-state index in [9.17, 15) is 9.90 Å². The van der Waals surface area contributed by atoms with Crippen molar-refractivity contribution in [3.8, 4) is 22.3 Å². The lowest BCUT2D eigenvalue weighted by molar-refractivity contribution is -0.669. The van der Waals surface area contributed by atoms with E-state index in [1.807, 2.05) is 48.3 Å². The van der Waals surface area contributed by atoms with Gasteiger partial charge in [0.25, 0.3) is 0 Å². The molecule has 0 amide bonds. The molecule has 2 aromatic heterocycles. The highest BCUT2D eigenvalue weighted by Crippen LogP contribution is 2.31. The van der Waals surface area contributed by atoms with E-state index in [1.165, 1.54) is 0 Å². The summed E-state index contributed by atoms with van der Waals surface area (Å²) in [7, 11) is 3.74. The van der Waals surface area contributed by atoms with Gasteiger partial charge in [0.15, 0.2) is 12.4 Å². The molecule has 4 rings (SSSR count). The fourth-order valence-electron chi connectivity index (χ4n) is 3.43. The summed E-state index contributed by atoms with van der Waals surface area (Å²) in [5, 5.41) is 10.4. The molecule has 4 aromatic rings. The van der Waals surface area contributed by atoms with Crippen LogP contribution >= 0.6 is 0 Å². The molecule has 0 fully saturated rings. The van der Waals surface area contributed by atoms with Gasteiger partial charge in [-0.2, -0.15) is 0 Å². The summed E-state index contributed by atoms with van der Waals surface area (Å²) >= 11 is 0. The molecule has 0 spiro atoms. The number of aromatic nitrogens is 2. The third kappa shape index (κ3) is 2.65. The van der Waals surface area contributed by atoms with Gasteiger partial charge >= 0.3 is 5.97 Å². The van der Waals surface area contributed by atoms with Crippen LogP contribution in [0.1, 0.15) is 10.5 Å². The lowest BCUT2D eigenvalue weighted by Gasteiger charge is -2.07. The zero-order valence-corrected chi connectivity index (χ0v) is 14.7. The summed E-state index contributed by atoms with van der Waals surface area (Å²) in [5.41, 5.74) is 5.56. The standard InChI is InChI=1S/C22H18N2O2/c1-23-13-19(18-12-20(22(25)26)24(2)21(18)14-23)17-10-6-9-16(11-17)15-7-4-3-5-8-15/h3-14H,1-2H3/p+1. The van der Waals surface area contributed by atoms with Crippen LogP contribution in [-0.2, 0) is 14.1 Å². The Bertz CT molecular complexity index is 1130. The molecule has 0 atom stereocenters. The van der Waals surface area contributed by atoms with E-state index in [4.69, 9.17) is 0 Å². The van der Waals surface area contributed by atoms with Crippen LogP contribution in [0.15, 0.2) is 73.1 Å². The Morgan fingerprint density at radius 2 is 1.62 bits per heavy atom. The minimum atomic E-state index is -0.921. The van der Waals surface area contributed by atoms with Crippen LogP contribution in [-0.4, -0.2) is 15.6 Å². The Morgan fingerprint density at radius 3 is 2.35 bits per heavy atom. The fraction of sp³-hybridized carbons (Fsp3) is 0.0909. The predicted molar refractivity (Wildman–Crippen MR) is 102 cm³/mol. The Labute approximate surface area is 151 Å². The molecule has 0 aliphatic heterocycles. The number of carboxylic acids is 1. The van der Waals surface area contributed by atoms with Crippen molar-refractivity contribution in [2.75, 3.05) is 0 Å². The van der Waals surface area contributed by atoms with Crippen molar-refractivity contribution in [1.29, 1.82) is 0 Å². The lowest BCUT2D eigenvalue weighted by atomic mass is 9.98. The number of rotatable bonds is 3. The molecule has 2 aromatic carbocycles. The van der Waals surface area contributed by atoms with E-state index < -0.39 is 5.97 Å². The number of nitrogens with zero attached hydrogens (tertiary/aromatic N) is 2. The number of benzene rings is 2. The first kappa shape index (κ1) is 16.1. The van der Waals surface area contributed by atoms with Gasteiger partial charge in [-0.3, -0.25) is 0 Å². The SMILES string of the molecule is Cn1c(C(=O)O)cc2c(-c3cccc(-c4ccccc4)c3)c[n+](C)cc21. The molecule has 0 aliphatic rings. The molecule has 2 heterocycles. The number of carboxylic acid groups (broad SMARTS) is 1. The van der Waals surface area contributed by atoms with Gasteiger partial charge in [0.05, 0.1) is 5.56 Å². The van der Waals surface area contributed by atoms with Crippen LogP contribution < -0.4 is 4.57 Å². The van der Waals surface area contributed by atoms with Gasteiger partial charge in [0.2, 0.25) is 0 Å². The van der Waals surface area contributed by atoms with E-state index in [1.54, 1.807) is 17.7 Å². The van der Waals surface area contributed by atoms with E-state index in [-0.39, 0.29) is 5.69 Å². The third-order valence-electron chi connectivity index (χ3n) is 4.73. The lowest BCUT2D eigenvalue weighted by Crippen LogP contribution is -2.27. The molecule has 4 heteroatoms. The molecule has 0 radical (unpaired) electrons. The molecule has 0 bridgehead atoms. The number of aromatic carboxylic acids is 1. The quantitative estimate of drug-likeness (QED) is 0.571. The maximum atomic E-state index is 11.5. The van der Waals surface area contributed by atoms with Gasteiger partial charge in [0.1, 0.15) is 18.3 Å². The van der Waals surface area contributed by atoms with E-state index in [2.05, 4.69) is 30.3 Å². The minimum Gasteiger partial charge on any atom is -0.477 e. The smallest absolute Gasteiger partial charge is 0.352 e. The molecule has 0 saturated heterocycles. The van der Waals surface area contributed by atoms with Gasteiger partial charge in [-0.25, -0.2) is 9.36 Å². The summed E-state index contributed by atoms with van der Waals surface area (Å²) in [6.45, 7) is 0. The second-order valence-electron chi connectivity index (χ2n) is 6.48. The summed E-state index contributed by atoms with van der Waals surface area (Å²) in [4.78, 5) is 11.5. The van der Waals surface area contributed by atoms with Crippen molar-refractivity contribution < 1.29 is 14.5 Å². The van der Waals surface area contributed by atoms with Gasteiger partial charge in [0, 0.05) is 12.4 Å². The minimum absolute atomic E-state index is 0.284. The number of fused-ring (bicyclic) bond motifs is 1. The molecular weight excluding hydrogens is 324 g/mol. The van der Waals surface area contributed by atoms with Crippen molar-refractivity contribution in [1.82, 2.24) is 4.57 Å². The fourth-order valence-corrected chi connectivity index (χ4v) is 3.43. The van der Waals surface area contributed by atoms with Crippen molar-refractivity contribution >= 4 is 16.9 Å². The maximum absolute atomic E-state index is 11.5. The number of hydrogen-bond donors (Lipinski definition) is 1. The zero-order valence-electron chi connectivity index (χ0n) is 14.7. The summed E-state index contributed by atoms with van der Waals surface area (Å²) in [6, 6.07) is 20.3. The summed E-state index contributed by atoms with van der Waals surface area (Å²) in [6.07, 6.45) is 3.99. The second-order valence-corrected chi connectivity index (χ2v) is 6.48. The highest BCUT2D eigenvalue weighted by Gasteiger charge is 2.19. The summed E-state index contributed by atoms with van der Waals surface area (Å²) in [5.74, 6) is -0.921. The Hall–Kier alpha value is -3.40. The largest absolute Gasteiger partial charge is 0.477 e. The van der Waals surface area contributed by atoms with Gasteiger partial charge < -0.3 is 9.67 Å². The topological polar surface area (TPSA) is 46.1 Å². The normalized spacial score (nSPS) is 11.0. The van der Waals surface area contributed by atoms with Crippen LogP contribution in [0.4, 0.5) is 0 Å². The molecule has 26 heavy (non-hydrogen) atoms. The second kappa shape index (κ2) is 6.15. The monoisotopic (exact) mass is 343 g/mol. The Balaban J connectivity index is 1.95. The number of aryl methyl sites for hydroxylation is 2. The molecule has 0 saturated carbocycles. The van der Waals surface area contributed by atoms with Crippen molar-refractivity contribution in [2.45, 2.75) is 0 Å². The third-order valence-corrected chi connectivity index (χ3v) is 4.73. The van der Waals surface area contributed by atoms with E-state index in [0.717, 1.165) is 33.2 Å². The first-order valence-electron chi connectivity index (χ1n) is 8.42. The number of pyridine rings is 1. The van der Waals surface area contributed by atoms with Gasteiger partial charge in [-0.1, -0.05) is 48.5 Å². The van der Waals surface area contributed by atoms with Crippen molar-refractivity contribution in [3.05, 3.63) is 78.8 Å². The molecule has 0 unspecified atom stereocenters. The van der Waals surface area contributed by atoms with Crippen LogP contribution in [0.5, 0.6) is 0 Å². The van der Waals surface area contributed by atoms with E-state index in [0.29, 0.717) is 0 Å². The zero-order chi connectivity index (χ0) is 18.3. The first-order valence-corrected chi connectivity index (χ1v) is 8.42. The number of hydrogen-bond acceptors (Lipinski definition) is 1.